The first kappa shape index (κ1) is 10.9. The lowest BCUT2D eigenvalue weighted by molar-refractivity contribution is 1.31. The molecule has 0 aliphatic carbocycles. The fourth-order valence-corrected chi connectivity index (χ4v) is 1.73. The summed E-state index contributed by atoms with van der Waals surface area (Å²) in [7, 11) is 0. The molecule has 0 amide bonds. The molecule has 0 atom stereocenters. The Balaban J connectivity index is 0.000000461. The summed E-state index contributed by atoms with van der Waals surface area (Å²) in [5.41, 5.74) is 1.09. The summed E-state index contributed by atoms with van der Waals surface area (Å²) in [5.74, 6) is 0. The standard InChI is InChI=1S/C9H8N2S.C2H6/c1-7-5-11-9(12-7)8-3-2-4-10-6-8;1-2/h2-6H,1H3;1-2H3. The summed E-state index contributed by atoms with van der Waals surface area (Å²) in [5, 5.41) is 1.04. The van der Waals surface area contributed by atoms with Crippen LogP contribution < -0.4 is 0 Å². The molecule has 0 saturated carbocycles. The summed E-state index contributed by atoms with van der Waals surface area (Å²) in [6, 6.07) is 3.94. The third-order valence-electron chi connectivity index (χ3n) is 1.53. The Labute approximate surface area is 88.7 Å². The van der Waals surface area contributed by atoms with Crippen LogP contribution in [0.1, 0.15) is 18.7 Å². The van der Waals surface area contributed by atoms with Crippen LogP contribution >= 0.6 is 11.3 Å². The van der Waals surface area contributed by atoms with Gasteiger partial charge in [-0.25, -0.2) is 4.98 Å². The molecule has 2 nitrogen and oxygen atoms in total. The SMILES string of the molecule is CC.Cc1cnc(-c2cccnc2)s1. The molecular formula is C11H14N2S. The maximum absolute atomic E-state index is 4.26. The summed E-state index contributed by atoms with van der Waals surface area (Å²) < 4.78 is 0. The molecule has 2 aromatic heterocycles. The van der Waals surface area contributed by atoms with Crippen LogP contribution in [-0.2, 0) is 0 Å². The third-order valence-corrected chi connectivity index (χ3v) is 2.49. The quantitative estimate of drug-likeness (QED) is 0.713. The molecule has 0 bridgehead atoms. The van der Waals surface area contributed by atoms with Crippen molar-refractivity contribution in [2.24, 2.45) is 0 Å². The lowest BCUT2D eigenvalue weighted by Gasteiger charge is -1.91. The van der Waals surface area contributed by atoms with Gasteiger partial charge in [-0.05, 0) is 19.1 Å². The van der Waals surface area contributed by atoms with Gasteiger partial charge in [0.05, 0.1) is 0 Å². The van der Waals surface area contributed by atoms with Crippen LogP contribution in [-0.4, -0.2) is 9.97 Å². The molecule has 0 fully saturated rings. The van der Waals surface area contributed by atoms with Crippen LogP contribution in [0.4, 0.5) is 0 Å². The smallest absolute Gasteiger partial charge is 0.125 e. The Hall–Kier alpha value is -1.22. The van der Waals surface area contributed by atoms with Crippen LogP contribution in [0, 0.1) is 6.92 Å². The molecule has 2 rings (SSSR count). The van der Waals surface area contributed by atoms with E-state index in [1.165, 1.54) is 4.88 Å². The van der Waals surface area contributed by atoms with Crippen molar-refractivity contribution >= 4 is 11.3 Å². The fraction of sp³-hybridized carbons (Fsp3) is 0.273. The van der Waals surface area contributed by atoms with Crippen LogP contribution in [0.25, 0.3) is 10.6 Å². The molecule has 14 heavy (non-hydrogen) atoms. The zero-order chi connectivity index (χ0) is 10.4. The molecule has 0 aliphatic rings. The van der Waals surface area contributed by atoms with E-state index in [1.807, 2.05) is 38.4 Å². The Bertz CT molecular complexity index is 368. The van der Waals surface area contributed by atoms with Gasteiger partial charge >= 0.3 is 0 Å². The molecule has 0 saturated heterocycles. The molecule has 2 heterocycles. The Kier molecular flexibility index (Phi) is 4.26. The predicted octanol–water partition coefficient (Wildman–Crippen LogP) is 3.54. The second-order valence-corrected chi connectivity index (χ2v) is 3.75. The van der Waals surface area contributed by atoms with Crippen LogP contribution in [0.5, 0.6) is 0 Å². The van der Waals surface area contributed by atoms with Crippen molar-refractivity contribution in [3.8, 4) is 10.6 Å². The first-order valence-electron chi connectivity index (χ1n) is 4.69. The van der Waals surface area contributed by atoms with Gasteiger partial charge in [-0.1, -0.05) is 13.8 Å². The molecule has 0 N–H and O–H groups in total. The van der Waals surface area contributed by atoms with Gasteiger partial charge in [-0.2, -0.15) is 0 Å². The first-order valence-corrected chi connectivity index (χ1v) is 5.51. The Morgan fingerprint density at radius 3 is 2.50 bits per heavy atom. The number of rotatable bonds is 1. The van der Waals surface area contributed by atoms with Crippen molar-refractivity contribution in [3.63, 3.8) is 0 Å². The van der Waals surface area contributed by atoms with Gasteiger partial charge in [0, 0.05) is 29.0 Å². The lowest BCUT2D eigenvalue weighted by atomic mass is 10.3. The van der Waals surface area contributed by atoms with E-state index < -0.39 is 0 Å². The van der Waals surface area contributed by atoms with E-state index in [9.17, 15) is 0 Å². The summed E-state index contributed by atoms with van der Waals surface area (Å²) in [6.07, 6.45) is 5.48. The first-order chi connectivity index (χ1) is 6.86. The lowest BCUT2D eigenvalue weighted by Crippen LogP contribution is -1.75. The number of aryl methyl sites for hydroxylation is 1. The number of nitrogens with zero attached hydrogens (tertiary/aromatic N) is 2. The zero-order valence-electron chi connectivity index (χ0n) is 8.69. The van der Waals surface area contributed by atoms with Crippen molar-refractivity contribution in [1.29, 1.82) is 0 Å². The van der Waals surface area contributed by atoms with Gasteiger partial charge in [-0.15, -0.1) is 11.3 Å². The van der Waals surface area contributed by atoms with E-state index in [0.29, 0.717) is 0 Å². The fourth-order valence-electron chi connectivity index (χ4n) is 0.977. The van der Waals surface area contributed by atoms with Gasteiger partial charge < -0.3 is 0 Å². The highest BCUT2D eigenvalue weighted by atomic mass is 32.1. The normalized spacial score (nSPS) is 9.07. The van der Waals surface area contributed by atoms with Crippen molar-refractivity contribution in [2.75, 3.05) is 0 Å². The average molecular weight is 206 g/mol. The highest BCUT2D eigenvalue weighted by Crippen LogP contribution is 2.22. The van der Waals surface area contributed by atoms with Gasteiger partial charge in [0.15, 0.2) is 0 Å². The molecule has 2 aromatic rings. The second-order valence-electron chi connectivity index (χ2n) is 2.52. The van der Waals surface area contributed by atoms with Crippen molar-refractivity contribution in [1.82, 2.24) is 9.97 Å². The third kappa shape index (κ3) is 2.64. The molecule has 3 heteroatoms. The Morgan fingerprint density at radius 1 is 1.21 bits per heavy atom. The van der Waals surface area contributed by atoms with E-state index in [0.717, 1.165) is 10.6 Å². The minimum atomic E-state index is 1.04. The van der Waals surface area contributed by atoms with E-state index in [1.54, 1.807) is 17.5 Å². The monoisotopic (exact) mass is 206 g/mol. The van der Waals surface area contributed by atoms with Crippen LogP contribution in [0.15, 0.2) is 30.7 Å². The average Bonchev–Trinajstić information content (AvgIpc) is 2.69. The number of hydrogen-bond acceptors (Lipinski definition) is 3. The number of hydrogen-bond donors (Lipinski definition) is 0. The van der Waals surface area contributed by atoms with Crippen molar-refractivity contribution in [3.05, 3.63) is 35.6 Å². The van der Waals surface area contributed by atoms with Gasteiger partial charge in [0.1, 0.15) is 5.01 Å². The molecular weight excluding hydrogens is 192 g/mol. The van der Waals surface area contributed by atoms with E-state index in [2.05, 4.69) is 16.9 Å². The van der Waals surface area contributed by atoms with Gasteiger partial charge in [0.2, 0.25) is 0 Å². The second kappa shape index (κ2) is 5.50. The summed E-state index contributed by atoms with van der Waals surface area (Å²) in [4.78, 5) is 9.53. The van der Waals surface area contributed by atoms with E-state index in [-0.39, 0.29) is 0 Å². The molecule has 0 spiro atoms. The minimum Gasteiger partial charge on any atom is -0.264 e. The largest absolute Gasteiger partial charge is 0.264 e. The summed E-state index contributed by atoms with van der Waals surface area (Å²) >= 11 is 1.69. The van der Waals surface area contributed by atoms with Gasteiger partial charge in [0.25, 0.3) is 0 Å². The topological polar surface area (TPSA) is 25.8 Å². The molecule has 74 valence electrons. The van der Waals surface area contributed by atoms with E-state index in [4.69, 9.17) is 0 Å². The maximum Gasteiger partial charge on any atom is 0.125 e. The number of aromatic nitrogens is 2. The van der Waals surface area contributed by atoms with Crippen LogP contribution in [0.2, 0.25) is 0 Å². The minimum absolute atomic E-state index is 1.04. The van der Waals surface area contributed by atoms with Crippen molar-refractivity contribution < 1.29 is 0 Å². The van der Waals surface area contributed by atoms with Crippen molar-refractivity contribution in [2.45, 2.75) is 20.8 Å². The zero-order valence-corrected chi connectivity index (χ0v) is 9.51. The molecule has 0 unspecified atom stereocenters. The molecule has 0 aromatic carbocycles. The Morgan fingerprint density at radius 2 is 2.00 bits per heavy atom. The molecule has 0 aliphatic heterocycles. The van der Waals surface area contributed by atoms with E-state index >= 15 is 0 Å². The van der Waals surface area contributed by atoms with Gasteiger partial charge in [-0.3, -0.25) is 4.98 Å². The highest BCUT2D eigenvalue weighted by Gasteiger charge is 2.00. The predicted molar refractivity (Wildman–Crippen MR) is 61.4 cm³/mol. The molecule has 0 radical (unpaired) electrons. The highest BCUT2D eigenvalue weighted by molar-refractivity contribution is 7.14. The number of pyridine rings is 1. The summed E-state index contributed by atoms with van der Waals surface area (Å²) in [6.45, 7) is 6.05. The van der Waals surface area contributed by atoms with Crippen LogP contribution in [0.3, 0.4) is 0 Å². The number of thiazole rings is 1. The maximum atomic E-state index is 4.26.